The van der Waals surface area contributed by atoms with Crippen LogP contribution in [-0.4, -0.2) is 12.6 Å². The number of methoxy groups -OCH3 is 1. The maximum atomic E-state index is 5.32. The van der Waals surface area contributed by atoms with Crippen LogP contribution in [0.2, 0.25) is 0 Å². The van der Waals surface area contributed by atoms with E-state index in [0.717, 1.165) is 5.75 Å². The predicted molar refractivity (Wildman–Crippen MR) is 70.8 cm³/mol. The van der Waals surface area contributed by atoms with Gasteiger partial charge < -0.3 is 10.1 Å². The minimum absolute atomic E-state index is 0.390. The second kappa shape index (κ2) is 3.94. The van der Waals surface area contributed by atoms with E-state index in [-0.39, 0.29) is 0 Å². The van der Waals surface area contributed by atoms with Crippen molar-refractivity contribution < 1.29 is 4.74 Å². The third-order valence-corrected chi connectivity index (χ3v) is 4.45. The van der Waals surface area contributed by atoms with Gasteiger partial charge in [-0.3, -0.25) is 0 Å². The van der Waals surface area contributed by atoms with Gasteiger partial charge in [0.1, 0.15) is 5.75 Å². The molecule has 1 heterocycles. The van der Waals surface area contributed by atoms with Crippen molar-refractivity contribution in [3.8, 4) is 5.75 Å². The molecule has 0 aromatic heterocycles. The lowest BCUT2D eigenvalue weighted by molar-refractivity contribution is 0.390. The van der Waals surface area contributed by atoms with Crippen LogP contribution in [0.15, 0.2) is 18.2 Å². The molecule has 1 aliphatic heterocycles. The average molecular weight is 231 g/mol. The number of benzene rings is 1. The van der Waals surface area contributed by atoms with Gasteiger partial charge in [-0.2, -0.15) is 0 Å². The third kappa shape index (κ3) is 1.80. The smallest absolute Gasteiger partial charge is 0.119 e. The standard InChI is InChI=1S/C15H21NO/c1-11-10-15(7-3-4-8-15)16-14-6-5-12(17-2)9-13(11)14/h5-6,9,11,16H,3-4,7-8,10H2,1-2H3. The SMILES string of the molecule is COc1ccc2c(c1)C(C)CC1(CCCC1)N2. The van der Waals surface area contributed by atoms with Gasteiger partial charge in [-0.1, -0.05) is 19.8 Å². The van der Waals surface area contributed by atoms with Crippen molar-refractivity contribution in [2.45, 2.75) is 50.5 Å². The van der Waals surface area contributed by atoms with Crippen molar-refractivity contribution in [3.05, 3.63) is 23.8 Å². The number of hydrogen-bond acceptors (Lipinski definition) is 2. The first kappa shape index (κ1) is 10.9. The average Bonchev–Trinajstić information content (AvgIpc) is 2.77. The van der Waals surface area contributed by atoms with Crippen molar-refractivity contribution in [1.82, 2.24) is 0 Å². The van der Waals surface area contributed by atoms with Crippen molar-refractivity contribution >= 4 is 5.69 Å². The van der Waals surface area contributed by atoms with Gasteiger partial charge in [-0.25, -0.2) is 0 Å². The van der Waals surface area contributed by atoms with Crippen LogP contribution in [-0.2, 0) is 0 Å². The van der Waals surface area contributed by atoms with Crippen LogP contribution >= 0.6 is 0 Å². The number of nitrogens with one attached hydrogen (secondary N) is 1. The summed E-state index contributed by atoms with van der Waals surface area (Å²) in [5.41, 5.74) is 3.13. The Morgan fingerprint density at radius 1 is 1.29 bits per heavy atom. The molecule has 92 valence electrons. The van der Waals surface area contributed by atoms with E-state index in [9.17, 15) is 0 Å². The van der Waals surface area contributed by atoms with Gasteiger partial charge in [0.2, 0.25) is 0 Å². The summed E-state index contributed by atoms with van der Waals surface area (Å²) in [4.78, 5) is 0. The highest BCUT2D eigenvalue weighted by Crippen LogP contribution is 2.46. The molecule has 2 aliphatic rings. The van der Waals surface area contributed by atoms with Crippen molar-refractivity contribution in [3.63, 3.8) is 0 Å². The van der Waals surface area contributed by atoms with Gasteiger partial charge in [0, 0.05) is 11.2 Å². The molecule has 2 nitrogen and oxygen atoms in total. The van der Waals surface area contributed by atoms with Crippen LogP contribution in [0, 0.1) is 0 Å². The Labute approximate surface area is 103 Å². The van der Waals surface area contributed by atoms with E-state index >= 15 is 0 Å². The maximum Gasteiger partial charge on any atom is 0.119 e. The van der Waals surface area contributed by atoms with Gasteiger partial charge in [0.25, 0.3) is 0 Å². The topological polar surface area (TPSA) is 21.3 Å². The Bertz CT molecular complexity index is 421. The molecule has 1 aromatic rings. The van der Waals surface area contributed by atoms with E-state index < -0.39 is 0 Å². The number of anilines is 1. The summed E-state index contributed by atoms with van der Waals surface area (Å²) in [7, 11) is 1.74. The summed E-state index contributed by atoms with van der Waals surface area (Å²) >= 11 is 0. The first-order valence-electron chi connectivity index (χ1n) is 6.69. The molecule has 0 saturated heterocycles. The van der Waals surface area contributed by atoms with Crippen molar-refractivity contribution in [1.29, 1.82) is 0 Å². The zero-order valence-corrected chi connectivity index (χ0v) is 10.8. The molecule has 1 unspecified atom stereocenters. The highest BCUT2D eigenvalue weighted by Gasteiger charge is 2.39. The Morgan fingerprint density at radius 3 is 2.76 bits per heavy atom. The van der Waals surface area contributed by atoms with Crippen LogP contribution in [0.1, 0.15) is 50.5 Å². The fraction of sp³-hybridized carbons (Fsp3) is 0.600. The molecule has 0 bridgehead atoms. The molecule has 1 spiro atoms. The number of hydrogen-bond donors (Lipinski definition) is 1. The highest BCUT2D eigenvalue weighted by molar-refractivity contribution is 5.59. The molecule has 1 atom stereocenters. The summed E-state index contributed by atoms with van der Waals surface area (Å²) < 4.78 is 5.32. The number of ether oxygens (including phenoxy) is 1. The molecular formula is C15H21NO. The molecule has 0 amide bonds. The summed E-state index contributed by atoms with van der Waals surface area (Å²) in [5, 5.41) is 3.80. The van der Waals surface area contributed by atoms with E-state index in [1.165, 1.54) is 43.4 Å². The van der Waals surface area contributed by atoms with E-state index in [1.54, 1.807) is 7.11 Å². The fourth-order valence-electron chi connectivity index (χ4n) is 3.60. The van der Waals surface area contributed by atoms with Crippen molar-refractivity contribution in [2.24, 2.45) is 0 Å². The molecule has 1 saturated carbocycles. The highest BCUT2D eigenvalue weighted by atomic mass is 16.5. The van der Waals surface area contributed by atoms with Gasteiger partial charge in [-0.15, -0.1) is 0 Å². The monoisotopic (exact) mass is 231 g/mol. The quantitative estimate of drug-likeness (QED) is 0.790. The van der Waals surface area contributed by atoms with E-state index in [4.69, 9.17) is 4.74 Å². The molecule has 1 aromatic carbocycles. The second-order valence-electron chi connectivity index (χ2n) is 5.67. The van der Waals surface area contributed by atoms with Gasteiger partial charge in [-0.05, 0) is 48.9 Å². The zero-order valence-electron chi connectivity index (χ0n) is 10.8. The Kier molecular flexibility index (Phi) is 2.53. The summed E-state index contributed by atoms with van der Waals surface area (Å²) in [6, 6.07) is 6.44. The molecule has 1 aliphatic carbocycles. The first-order chi connectivity index (χ1) is 8.22. The summed E-state index contributed by atoms with van der Waals surface area (Å²) in [5.74, 6) is 1.61. The minimum atomic E-state index is 0.390. The lowest BCUT2D eigenvalue weighted by Gasteiger charge is -2.40. The molecule has 1 fully saturated rings. The second-order valence-corrected chi connectivity index (χ2v) is 5.67. The van der Waals surface area contributed by atoms with Crippen LogP contribution < -0.4 is 10.1 Å². The van der Waals surface area contributed by atoms with E-state index in [2.05, 4.69) is 30.4 Å². The minimum Gasteiger partial charge on any atom is -0.497 e. The summed E-state index contributed by atoms with van der Waals surface area (Å²) in [6.07, 6.45) is 6.70. The Morgan fingerprint density at radius 2 is 2.06 bits per heavy atom. The molecule has 0 radical (unpaired) electrons. The maximum absolute atomic E-state index is 5.32. The van der Waals surface area contributed by atoms with Gasteiger partial charge in [0.05, 0.1) is 7.11 Å². The molecule has 17 heavy (non-hydrogen) atoms. The first-order valence-corrected chi connectivity index (χ1v) is 6.69. The van der Waals surface area contributed by atoms with Crippen molar-refractivity contribution in [2.75, 3.05) is 12.4 Å². The van der Waals surface area contributed by atoms with Gasteiger partial charge >= 0.3 is 0 Å². The largest absolute Gasteiger partial charge is 0.497 e. The number of fused-ring (bicyclic) bond motifs is 1. The van der Waals surface area contributed by atoms with Crippen LogP contribution in [0.3, 0.4) is 0 Å². The van der Waals surface area contributed by atoms with E-state index in [1.807, 2.05) is 0 Å². The van der Waals surface area contributed by atoms with Gasteiger partial charge in [0.15, 0.2) is 0 Å². The number of rotatable bonds is 1. The van der Waals surface area contributed by atoms with E-state index in [0.29, 0.717) is 11.5 Å². The summed E-state index contributed by atoms with van der Waals surface area (Å²) in [6.45, 7) is 2.35. The Balaban J connectivity index is 1.96. The Hall–Kier alpha value is -1.18. The molecule has 3 rings (SSSR count). The zero-order chi connectivity index (χ0) is 11.9. The molecular weight excluding hydrogens is 210 g/mol. The predicted octanol–water partition coefficient (Wildman–Crippen LogP) is 3.93. The van der Waals surface area contributed by atoms with Crippen LogP contribution in [0.25, 0.3) is 0 Å². The molecule has 1 N–H and O–H groups in total. The van der Waals surface area contributed by atoms with Crippen LogP contribution in [0.4, 0.5) is 5.69 Å². The normalized spacial score (nSPS) is 25.4. The fourth-order valence-corrected chi connectivity index (χ4v) is 3.60. The van der Waals surface area contributed by atoms with Crippen LogP contribution in [0.5, 0.6) is 5.75 Å². The molecule has 2 heteroatoms. The third-order valence-electron chi connectivity index (χ3n) is 4.45. The lowest BCUT2D eigenvalue weighted by Crippen LogP contribution is -2.40. The lowest BCUT2D eigenvalue weighted by atomic mass is 9.79.